The zero-order valence-electron chi connectivity index (χ0n) is 19.9. The molecule has 186 valence electrons. The molecule has 0 saturated heterocycles. The summed E-state index contributed by atoms with van der Waals surface area (Å²) in [5.74, 6) is -0.850. The van der Waals surface area contributed by atoms with Gasteiger partial charge in [0.15, 0.2) is 5.78 Å². The van der Waals surface area contributed by atoms with Crippen LogP contribution in [0.4, 0.5) is 18.9 Å². The fourth-order valence-electron chi connectivity index (χ4n) is 3.81. The minimum absolute atomic E-state index is 0.217. The van der Waals surface area contributed by atoms with Crippen molar-refractivity contribution in [1.82, 2.24) is 19.5 Å². The van der Waals surface area contributed by atoms with Crippen LogP contribution in [0.5, 0.6) is 0 Å². The third-order valence-electron chi connectivity index (χ3n) is 6.13. The lowest BCUT2D eigenvalue weighted by Crippen LogP contribution is -2.24. The van der Waals surface area contributed by atoms with Gasteiger partial charge in [-0.25, -0.2) is 9.97 Å². The van der Waals surface area contributed by atoms with Gasteiger partial charge in [-0.2, -0.15) is 13.2 Å². The first-order valence-electron chi connectivity index (χ1n) is 11.3. The van der Waals surface area contributed by atoms with E-state index in [4.69, 9.17) is 0 Å². The van der Waals surface area contributed by atoms with Gasteiger partial charge in [-0.15, -0.1) is 0 Å². The molecule has 10 heteroatoms. The Bertz CT molecular complexity index is 1440. The van der Waals surface area contributed by atoms with E-state index in [1.54, 1.807) is 12.4 Å². The molecule has 0 radical (unpaired) electrons. The van der Waals surface area contributed by atoms with E-state index in [0.717, 1.165) is 18.6 Å². The summed E-state index contributed by atoms with van der Waals surface area (Å²) in [6.07, 6.45) is 3.58. The molecule has 36 heavy (non-hydrogen) atoms. The number of anilines is 1. The second-order valence-corrected chi connectivity index (χ2v) is 9.05. The molecule has 7 nitrogen and oxygen atoms in total. The molecular weight excluding hydrogens is 471 g/mol. The minimum Gasteiger partial charge on any atom is -0.326 e. The SMILES string of the molecule is CCC(C)(C)n1cc(C(=O)c2cncc(NC(=O)Cc3cccc(C(F)(F)F)c3)c2)c2cncnc21. The average Bonchev–Trinajstić information content (AvgIpc) is 3.24. The van der Waals surface area contributed by atoms with E-state index >= 15 is 0 Å². The number of nitrogens with one attached hydrogen (secondary N) is 1. The van der Waals surface area contributed by atoms with Gasteiger partial charge in [-0.1, -0.05) is 25.1 Å². The summed E-state index contributed by atoms with van der Waals surface area (Å²) in [6, 6.07) is 6.07. The maximum atomic E-state index is 13.4. The number of alkyl halides is 3. The molecule has 0 fully saturated rings. The number of amides is 1. The number of ketones is 1. The van der Waals surface area contributed by atoms with Crippen LogP contribution in [0.25, 0.3) is 11.0 Å². The van der Waals surface area contributed by atoms with Crippen LogP contribution in [0.3, 0.4) is 0 Å². The maximum absolute atomic E-state index is 13.4. The topological polar surface area (TPSA) is 89.8 Å². The van der Waals surface area contributed by atoms with Gasteiger partial charge in [0, 0.05) is 35.1 Å². The van der Waals surface area contributed by atoms with Gasteiger partial charge >= 0.3 is 6.18 Å². The summed E-state index contributed by atoms with van der Waals surface area (Å²) < 4.78 is 40.8. The highest BCUT2D eigenvalue weighted by molar-refractivity contribution is 6.16. The zero-order chi connectivity index (χ0) is 26.1. The number of fused-ring (bicyclic) bond motifs is 1. The van der Waals surface area contributed by atoms with Crippen LogP contribution in [-0.2, 0) is 22.9 Å². The molecule has 1 N–H and O–H groups in total. The first-order chi connectivity index (χ1) is 17.0. The third kappa shape index (κ3) is 5.12. The van der Waals surface area contributed by atoms with Crippen LogP contribution in [0, 0.1) is 0 Å². The fraction of sp³-hybridized carbons (Fsp3) is 0.269. The second-order valence-electron chi connectivity index (χ2n) is 9.05. The quantitative estimate of drug-likeness (QED) is 0.347. The predicted octanol–water partition coefficient (Wildman–Crippen LogP) is 5.40. The fourth-order valence-corrected chi connectivity index (χ4v) is 3.81. The van der Waals surface area contributed by atoms with Gasteiger partial charge in [-0.3, -0.25) is 14.6 Å². The highest BCUT2D eigenvalue weighted by atomic mass is 19.4. The molecule has 1 amide bonds. The van der Waals surface area contributed by atoms with Crippen molar-refractivity contribution >= 4 is 28.4 Å². The lowest BCUT2D eigenvalue weighted by molar-refractivity contribution is -0.137. The monoisotopic (exact) mass is 495 g/mol. The van der Waals surface area contributed by atoms with E-state index in [2.05, 4.69) is 20.3 Å². The number of aromatic nitrogens is 4. The van der Waals surface area contributed by atoms with E-state index in [0.29, 0.717) is 16.6 Å². The molecule has 0 unspecified atom stereocenters. The number of pyridine rings is 1. The first kappa shape index (κ1) is 25.0. The Morgan fingerprint density at radius 1 is 1.06 bits per heavy atom. The standard InChI is InChI=1S/C26H24F3N5O2/c1-4-25(2,3)34-14-21(20-13-31-15-32-24(20)34)23(36)17-10-19(12-30-11-17)33-22(35)9-16-6-5-7-18(8-16)26(27,28)29/h5-8,10-15H,4,9H2,1-3H3,(H,33,35). The number of benzene rings is 1. The second kappa shape index (κ2) is 9.52. The summed E-state index contributed by atoms with van der Waals surface area (Å²) in [6.45, 7) is 6.14. The van der Waals surface area contributed by atoms with Gasteiger partial charge in [0.25, 0.3) is 0 Å². The smallest absolute Gasteiger partial charge is 0.326 e. The molecule has 0 atom stereocenters. The number of rotatable bonds is 7. The molecular formula is C26H24F3N5O2. The van der Waals surface area contributed by atoms with Crippen molar-refractivity contribution in [3.8, 4) is 0 Å². The summed E-state index contributed by atoms with van der Waals surface area (Å²) in [5, 5.41) is 3.21. The molecule has 0 aliphatic carbocycles. The summed E-state index contributed by atoms with van der Waals surface area (Å²) >= 11 is 0. The van der Waals surface area contributed by atoms with Crippen LogP contribution in [0.1, 0.15) is 54.2 Å². The molecule has 0 spiro atoms. The Hall–Kier alpha value is -4.08. The Labute approximate surface area is 205 Å². The molecule has 1 aromatic carbocycles. The number of hydrogen-bond donors (Lipinski definition) is 1. The summed E-state index contributed by atoms with van der Waals surface area (Å²) in [4.78, 5) is 38.4. The molecule has 0 aliphatic rings. The predicted molar refractivity (Wildman–Crippen MR) is 129 cm³/mol. The van der Waals surface area contributed by atoms with E-state index < -0.39 is 17.6 Å². The Kier molecular flexibility index (Phi) is 6.62. The summed E-state index contributed by atoms with van der Waals surface area (Å²) in [7, 11) is 0. The van der Waals surface area contributed by atoms with Crippen molar-refractivity contribution < 1.29 is 22.8 Å². The van der Waals surface area contributed by atoms with Gasteiger partial charge in [0.05, 0.1) is 29.4 Å². The molecule has 3 heterocycles. The molecule has 0 saturated carbocycles. The van der Waals surface area contributed by atoms with E-state index in [1.807, 2.05) is 25.3 Å². The van der Waals surface area contributed by atoms with Gasteiger partial charge in [0.1, 0.15) is 12.0 Å². The largest absolute Gasteiger partial charge is 0.416 e. The number of carbonyl (C=O) groups excluding carboxylic acids is 2. The van der Waals surface area contributed by atoms with E-state index in [1.165, 1.54) is 36.9 Å². The Morgan fingerprint density at radius 3 is 2.56 bits per heavy atom. The van der Waals surface area contributed by atoms with Crippen molar-refractivity contribution in [2.45, 2.75) is 45.3 Å². The van der Waals surface area contributed by atoms with E-state index in [9.17, 15) is 22.8 Å². The minimum atomic E-state index is -4.49. The molecule has 4 rings (SSSR count). The highest BCUT2D eigenvalue weighted by Crippen LogP contribution is 2.31. The molecule has 3 aromatic heterocycles. The number of halogens is 3. The van der Waals surface area contributed by atoms with Crippen LogP contribution < -0.4 is 5.32 Å². The lowest BCUT2D eigenvalue weighted by atomic mass is 10.0. The van der Waals surface area contributed by atoms with Crippen molar-refractivity contribution in [2.75, 3.05) is 5.32 Å². The third-order valence-corrected chi connectivity index (χ3v) is 6.13. The lowest BCUT2D eigenvalue weighted by Gasteiger charge is -2.25. The average molecular weight is 496 g/mol. The van der Waals surface area contributed by atoms with Crippen molar-refractivity contribution in [3.63, 3.8) is 0 Å². The number of hydrogen-bond acceptors (Lipinski definition) is 5. The van der Waals surface area contributed by atoms with Gasteiger partial charge < -0.3 is 9.88 Å². The van der Waals surface area contributed by atoms with Crippen LogP contribution in [-0.4, -0.2) is 31.2 Å². The molecule has 0 bridgehead atoms. The zero-order valence-corrected chi connectivity index (χ0v) is 19.9. The van der Waals surface area contributed by atoms with Crippen LogP contribution in [0.2, 0.25) is 0 Å². The Balaban J connectivity index is 1.57. The van der Waals surface area contributed by atoms with Crippen molar-refractivity contribution in [3.05, 3.63) is 83.7 Å². The summed E-state index contributed by atoms with van der Waals surface area (Å²) in [5.41, 5.74) is 0.643. The number of nitrogens with zero attached hydrogens (tertiary/aromatic N) is 4. The van der Waals surface area contributed by atoms with Crippen molar-refractivity contribution in [2.24, 2.45) is 0 Å². The Morgan fingerprint density at radius 2 is 1.83 bits per heavy atom. The van der Waals surface area contributed by atoms with Crippen LogP contribution in [0.15, 0.2) is 61.4 Å². The highest BCUT2D eigenvalue weighted by Gasteiger charge is 2.30. The maximum Gasteiger partial charge on any atom is 0.416 e. The van der Waals surface area contributed by atoms with Crippen LogP contribution >= 0.6 is 0 Å². The number of carbonyl (C=O) groups is 2. The molecule has 0 aliphatic heterocycles. The van der Waals surface area contributed by atoms with Crippen molar-refractivity contribution in [1.29, 1.82) is 0 Å². The molecule has 4 aromatic rings. The normalized spacial score (nSPS) is 12.1. The first-order valence-corrected chi connectivity index (χ1v) is 11.3. The van der Waals surface area contributed by atoms with Gasteiger partial charge in [-0.05, 0) is 38.0 Å². The van der Waals surface area contributed by atoms with E-state index in [-0.39, 0.29) is 34.6 Å². The van der Waals surface area contributed by atoms with Gasteiger partial charge in [0.2, 0.25) is 5.91 Å².